The first-order valence-corrected chi connectivity index (χ1v) is 9.77. The summed E-state index contributed by atoms with van der Waals surface area (Å²) in [6.45, 7) is -0.225. The summed E-state index contributed by atoms with van der Waals surface area (Å²) in [6, 6.07) is 16.4. The van der Waals surface area contributed by atoms with Gasteiger partial charge in [0.1, 0.15) is 5.75 Å². The van der Waals surface area contributed by atoms with Crippen LogP contribution in [0.2, 0.25) is 5.02 Å². The van der Waals surface area contributed by atoms with Crippen LogP contribution in [0.1, 0.15) is 11.4 Å². The molecule has 0 bridgehead atoms. The Morgan fingerprint density at radius 1 is 1.06 bits per heavy atom. The zero-order chi connectivity index (χ0) is 22.9. The molecule has 4 rings (SSSR count). The number of fused-ring (bicyclic) bond motifs is 1. The number of phenolic OH excluding ortho intramolecular Hbond substituents is 1. The minimum Gasteiger partial charge on any atom is -0.508 e. The van der Waals surface area contributed by atoms with Crippen molar-refractivity contribution in [2.75, 3.05) is 5.32 Å². The van der Waals surface area contributed by atoms with Crippen LogP contribution in [0.15, 0.2) is 66.7 Å². The van der Waals surface area contributed by atoms with Crippen molar-refractivity contribution in [3.05, 3.63) is 83.1 Å². The maximum absolute atomic E-state index is 13.2. The lowest BCUT2D eigenvalue weighted by Crippen LogP contribution is -2.29. The average Bonchev–Trinajstić information content (AvgIpc) is 3.18. The van der Waals surface area contributed by atoms with E-state index in [0.717, 1.165) is 16.1 Å². The zero-order valence-corrected chi connectivity index (χ0v) is 17.1. The van der Waals surface area contributed by atoms with E-state index in [0.29, 0.717) is 21.8 Å². The van der Waals surface area contributed by atoms with Crippen LogP contribution in [-0.4, -0.2) is 20.9 Å². The number of hydrogen-bond acceptors (Lipinski definition) is 3. The first kappa shape index (κ1) is 21.5. The largest absolute Gasteiger partial charge is 0.508 e. The van der Waals surface area contributed by atoms with E-state index in [1.54, 1.807) is 36.4 Å². The molecule has 0 saturated carbocycles. The first-order chi connectivity index (χ1) is 15.2. The number of aromatic hydroxyl groups is 1. The predicted octanol–water partition coefficient (Wildman–Crippen LogP) is 5.73. The molecule has 0 fully saturated rings. The van der Waals surface area contributed by atoms with Crippen molar-refractivity contribution in [3.8, 4) is 11.4 Å². The fraction of sp³-hybridized carbons (Fsp3) is 0.0909. The van der Waals surface area contributed by atoms with Gasteiger partial charge in [0.15, 0.2) is 5.69 Å². The van der Waals surface area contributed by atoms with Crippen molar-refractivity contribution >= 4 is 34.1 Å². The summed E-state index contributed by atoms with van der Waals surface area (Å²) in [5.41, 5.74) is -0.200. The number of nitrogens with zero attached hydrogens (tertiary/aromatic N) is 2. The summed E-state index contributed by atoms with van der Waals surface area (Å²) in [5, 5.41) is 20.3. The maximum Gasteiger partial charge on any atom is 0.435 e. The van der Waals surface area contributed by atoms with E-state index >= 15 is 0 Å². The lowest BCUT2D eigenvalue weighted by atomic mass is 10.1. The van der Waals surface area contributed by atoms with Crippen LogP contribution in [0.25, 0.3) is 16.5 Å². The number of benzene rings is 3. The first-order valence-electron chi connectivity index (χ1n) is 9.39. The number of rotatable bonds is 4. The monoisotopic (exact) mass is 460 g/mol. The lowest BCUT2D eigenvalue weighted by molar-refractivity contribution is -0.141. The Labute approximate surface area is 185 Å². The Balaban J connectivity index is 1.56. The van der Waals surface area contributed by atoms with Crippen LogP contribution in [0, 0.1) is 0 Å². The number of amides is 2. The highest BCUT2D eigenvalue weighted by molar-refractivity contribution is 6.30. The number of alkyl halides is 3. The average molecular weight is 461 g/mol. The summed E-state index contributed by atoms with van der Waals surface area (Å²) in [7, 11) is 0. The molecule has 1 aromatic heterocycles. The highest BCUT2D eigenvalue weighted by atomic mass is 35.5. The van der Waals surface area contributed by atoms with Gasteiger partial charge in [-0.15, -0.1) is 0 Å². The fourth-order valence-electron chi connectivity index (χ4n) is 3.22. The van der Waals surface area contributed by atoms with Gasteiger partial charge in [-0.25, -0.2) is 9.48 Å². The van der Waals surface area contributed by atoms with Gasteiger partial charge in [-0.05, 0) is 47.9 Å². The normalized spacial score (nSPS) is 11.5. The van der Waals surface area contributed by atoms with Crippen molar-refractivity contribution in [2.24, 2.45) is 0 Å². The smallest absolute Gasteiger partial charge is 0.435 e. The molecule has 1 heterocycles. The van der Waals surface area contributed by atoms with Gasteiger partial charge in [0.05, 0.1) is 23.6 Å². The van der Waals surface area contributed by atoms with Gasteiger partial charge < -0.3 is 15.7 Å². The van der Waals surface area contributed by atoms with Crippen LogP contribution in [-0.2, 0) is 12.7 Å². The second-order valence-electron chi connectivity index (χ2n) is 6.93. The van der Waals surface area contributed by atoms with E-state index in [9.17, 15) is 23.1 Å². The van der Waals surface area contributed by atoms with Crippen molar-refractivity contribution in [3.63, 3.8) is 0 Å². The molecular formula is C22H16ClF3N4O2. The third-order valence-electron chi connectivity index (χ3n) is 4.67. The predicted molar refractivity (Wildman–Crippen MR) is 115 cm³/mol. The molecule has 0 aliphatic rings. The number of hydrogen-bond donors (Lipinski definition) is 3. The Kier molecular flexibility index (Phi) is 5.67. The maximum atomic E-state index is 13.2. The highest BCUT2D eigenvalue weighted by Crippen LogP contribution is 2.30. The zero-order valence-electron chi connectivity index (χ0n) is 16.3. The number of carbonyl (C=O) groups excluding carboxylic acids is 1. The topological polar surface area (TPSA) is 79.2 Å². The molecule has 10 heteroatoms. The van der Waals surface area contributed by atoms with Crippen LogP contribution < -0.4 is 10.6 Å². The van der Waals surface area contributed by atoms with Gasteiger partial charge in [-0.3, -0.25) is 0 Å². The summed E-state index contributed by atoms with van der Waals surface area (Å²) < 4.78 is 40.8. The van der Waals surface area contributed by atoms with E-state index in [4.69, 9.17) is 11.6 Å². The molecule has 0 radical (unpaired) electrons. The number of anilines is 1. The highest BCUT2D eigenvalue weighted by Gasteiger charge is 2.35. The second kappa shape index (κ2) is 8.43. The van der Waals surface area contributed by atoms with Gasteiger partial charge in [-0.1, -0.05) is 35.9 Å². The van der Waals surface area contributed by atoms with Crippen LogP contribution in [0.3, 0.4) is 0 Å². The number of halogens is 4. The Morgan fingerprint density at radius 2 is 1.84 bits per heavy atom. The van der Waals surface area contributed by atoms with Gasteiger partial charge in [0.25, 0.3) is 0 Å². The Hall–Kier alpha value is -3.72. The van der Waals surface area contributed by atoms with Gasteiger partial charge in [-0.2, -0.15) is 18.3 Å². The second-order valence-corrected chi connectivity index (χ2v) is 7.37. The molecule has 0 atom stereocenters. The van der Waals surface area contributed by atoms with Crippen molar-refractivity contribution in [1.82, 2.24) is 15.1 Å². The molecule has 0 unspecified atom stereocenters. The minimum atomic E-state index is -4.65. The summed E-state index contributed by atoms with van der Waals surface area (Å²) in [6.07, 6.45) is -4.65. The standard InChI is InChI=1S/C22H16ClF3N4O2/c23-14-4-2-5-15(9-14)30-16(10-20(29-30)22(24,25)26)12-27-21(32)28-19-6-1-3-13-7-8-17(31)11-18(13)19/h1-11,31H,12H2,(H2,27,28,32). The molecule has 0 saturated heterocycles. The third kappa shape index (κ3) is 4.62. The Morgan fingerprint density at radius 3 is 2.59 bits per heavy atom. The molecule has 0 aliphatic carbocycles. The van der Waals surface area contributed by atoms with Crippen molar-refractivity contribution < 1.29 is 23.1 Å². The Bertz CT molecular complexity index is 1300. The van der Waals surface area contributed by atoms with Crippen molar-refractivity contribution in [2.45, 2.75) is 12.7 Å². The lowest BCUT2D eigenvalue weighted by Gasteiger charge is -2.12. The number of nitrogens with one attached hydrogen (secondary N) is 2. The third-order valence-corrected chi connectivity index (χ3v) is 4.91. The number of urea groups is 1. The summed E-state index contributed by atoms with van der Waals surface area (Å²) in [5.74, 6) is 0.0391. The number of phenols is 1. The van der Waals surface area contributed by atoms with E-state index < -0.39 is 17.9 Å². The molecular weight excluding hydrogens is 445 g/mol. The molecule has 6 nitrogen and oxygen atoms in total. The van der Waals surface area contributed by atoms with E-state index in [-0.39, 0.29) is 18.0 Å². The molecule has 3 N–H and O–H groups in total. The quantitative estimate of drug-likeness (QED) is 0.364. The number of aromatic nitrogens is 2. The summed E-state index contributed by atoms with van der Waals surface area (Å²) in [4.78, 5) is 12.5. The van der Waals surface area contributed by atoms with Crippen LogP contribution >= 0.6 is 11.6 Å². The summed E-state index contributed by atoms with van der Waals surface area (Å²) >= 11 is 5.96. The van der Waals surface area contributed by atoms with E-state index in [1.165, 1.54) is 18.2 Å². The van der Waals surface area contributed by atoms with Crippen LogP contribution in [0.5, 0.6) is 5.75 Å². The molecule has 0 aliphatic heterocycles. The van der Waals surface area contributed by atoms with Crippen molar-refractivity contribution in [1.29, 1.82) is 0 Å². The molecule has 32 heavy (non-hydrogen) atoms. The molecule has 3 aromatic carbocycles. The number of carbonyl (C=O) groups is 1. The molecule has 164 valence electrons. The van der Waals surface area contributed by atoms with E-state index in [1.807, 2.05) is 6.07 Å². The SMILES string of the molecule is O=C(NCc1cc(C(F)(F)F)nn1-c1cccc(Cl)c1)Nc1cccc2ccc(O)cc12. The van der Waals surface area contributed by atoms with Crippen LogP contribution in [0.4, 0.5) is 23.7 Å². The molecule has 0 spiro atoms. The fourth-order valence-corrected chi connectivity index (χ4v) is 3.41. The molecule has 2 amide bonds. The van der Waals surface area contributed by atoms with Gasteiger partial charge >= 0.3 is 12.2 Å². The van der Waals surface area contributed by atoms with Gasteiger partial charge in [0.2, 0.25) is 0 Å². The minimum absolute atomic E-state index is 0.0391. The van der Waals surface area contributed by atoms with E-state index in [2.05, 4.69) is 15.7 Å². The van der Waals surface area contributed by atoms with Gasteiger partial charge in [0, 0.05) is 10.4 Å². The molecule has 4 aromatic rings.